The van der Waals surface area contributed by atoms with Gasteiger partial charge in [-0.05, 0) is 87.5 Å². The van der Waals surface area contributed by atoms with Gasteiger partial charge < -0.3 is 4.42 Å². The van der Waals surface area contributed by atoms with Crippen LogP contribution >= 0.6 is 0 Å². The van der Waals surface area contributed by atoms with Crippen molar-refractivity contribution < 1.29 is 4.42 Å². The SMILES string of the molecule is c1ccc(-c2cc(-c3cccc(-c4cccc(-c5cccc6oc7ccccc7c56)c4)c3)c3c(c2)c2ccccc2n3-c2nc(-c3ccccc3)c3ccccc3n2)cc1. The highest BCUT2D eigenvalue weighted by Crippen LogP contribution is 2.43. The Balaban J connectivity index is 1.10. The zero-order valence-corrected chi connectivity index (χ0v) is 32.5. The second kappa shape index (κ2) is 13.8. The molecule has 4 nitrogen and oxygen atoms in total. The van der Waals surface area contributed by atoms with E-state index in [2.05, 4.69) is 199 Å². The van der Waals surface area contributed by atoms with Crippen LogP contribution in [0.2, 0.25) is 0 Å². The molecule has 0 amide bonds. The molecule has 0 bridgehead atoms. The van der Waals surface area contributed by atoms with Crippen molar-refractivity contribution in [2.45, 2.75) is 0 Å². The molecule has 0 aliphatic heterocycles. The lowest BCUT2D eigenvalue weighted by Gasteiger charge is -2.15. The molecule has 0 saturated carbocycles. The number of rotatable bonds is 6. The second-order valence-electron chi connectivity index (χ2n) is 15.3. The first-order valence-corrected chi connectivity index (χ1v) is 20.3. The Labute approximate surface area is 346 Å². The molecule has 280 valence electrons. The molecular formula is C56H35N3O. The van der Waals surface area contributed by atoms with Gasteiger partial charge in [-0.25, -0.2) is 9.97 Å². The fourth-order valence-corrected chi connectivity index (χ4v) is 9.05. The maximum Gasteiger partial charge on any atom is 0.235 e. The first-order chi connectivity index (χ1) is 29.7. The van der Waals surface area contributed by atoms with Gasteiger partial charge in [-0.1, -0.05) is 164 Å². The van der Waals surface area contributed by atoms with E-state index < -0.39 is 0 Å². The smallest absolute Gasteiger partial charge is 0.235 e. The van der Waals surface area contributed by atoms with E-state index in [1.54, 1.807) is 0 Å². The van der Waals surface area contributed by atoms with Crippen molar-refractivity contribution in [3.05, 3.63) is 212 Å². The lowest BCUT2D eigenvalue weighted by molar-refractivity contribution is 0.669. The predicted molar refractivity (Wildman–Crippen MR) is 248 cm³/mol. The van der Waals surface area contributed by atoms with Crippen molar-refractivity contribution >= 4 is 54.6 Å². The lowest BCUT2D eigenvalue weighted by atomic mass is 9.92. The molecule has 0 N–H and O–H groups in total. The molecule has 4 heteroatoms. The number of fused-ring (bicyclic) bond motifs is 7. The molecule has 0 radical (unpaired) electrons. The van der Waals surface area contributed by atoms with Gasteiger partial charge in [0.05, 0.1) is 22.2 Å². The van der Waals surface area contributed by atoms with E-state index >= 15 is 0 Å². The number of benzene rings is 9. The van der Waals surface area contributed by atoms with Gasteiger partial charge in [0, 0.05) is 38.1 Å². The van der Waals surface area contributed by atoms with Gasteiger partial charge >= 0.3 is 0 Å². The summed E-state index contributed by atoms with van der Waals surface area (Å²) in [5.41, 5.74) is 15.9. The summed E-state index contributed by atoms with van der Waals surface area (Å²) in [6.07, 6.45) is 0. The van der Waals surface area contributed by atoms with Gasteiger partial charge in [0.25, 0.3) is 0 Å². The van der Waals surface area contributed by atoms with E-state index in [0.29, 0.717) is 5.95 Å². The van der Waals surface area contributed by atoms with Crippen molar-refractivity contribution in [2.24, 2.45) is 0 Å². The zero-order chi connectivity index (χ0) is 39.6. The normalized spacial score (nSPS) is 11.7. The first kappa shape index (κ1) is 34.0. The molecule has 3 aromatic heterocycles. The van der Waals surface area contributed by atoms with Gasteiger partial charge in [0.15, 0.2) is 0 Å². The zero-order valence-electron chi connectivity index (χ0n) is 32.5. The minimum atomic E-state index is 0.636. The van der Waals surface area contributed by atoms with E-state index in [1.165, 1.54) is 0 Å². The van der Waals surface area contributed by atoms with Crippen molar-refractivity contribution in [3.63, 3.8) is 0 Å². The highest BCUT2D eigenvalue weighted by Gasteiger charge is 2.22. The summed E-state index contributed by atoms with van der Waals surface area (Å²) >= 11 is 0. The second-order valence-corrected chi connectivity index (χ2v) is 15.3. The van der Waals surface area contributed by atoms with Crippen molar-refractivity contribution in [3.8, 4) is 61.7 Å². The molecule has 12 rings (SSSR count). The third kappa shape index (κ3) is 5.53. The molecule has 9 aromatic carbocycles. The van der Waals surface area contributed by atoms with Crippen LogP contribution in [-0.2, 0) is 0 Å². The predicted octanol–water partition coefficient (Wildman–Crippen LogP) is 15.0. The number of nitrogens with zero attached hydrogens (tertiary/aromatic N) is 3. The molecule has 0 aliphatic rings. The number of hydrogen-bond donors (Lipinski definition) is 0. The summed E-state index contributed by atoms with van der Waals surface area (Å²) < 4.78 is 8.55. The van der Waals surface area contributed by atoms with Crippen LogP contribution in [0.5, 0.6) is 0 Å². The van der Waals surface area contributed by atoms with E-state index in [-0.39, 0.29) is 0 Å². The van der Waals surface area contributed by atoms with E-state index in [4.69, 9.17) is 14.4 Å². The summed E-state index contributed by atoms with van der Waals surface area (Å²) in [7, 11) is 0. The minimum Gasteiger partial charge on any atom is -0.456 e. The largest absolute Gasteiger partial charge is 0.456 e. The maximum atomic E-state index is 6.27. The summed E-state index contributed by atoms with van der Waals surface area (Å²) in [6.45, 7) is 0. The standard InChI is InChI=1S/C56H35N3O/c1-3-16-36(17-4-1)42-34-47(41-23-14-21-39(33-41)38-20-13-22-40(32-38)43-27-15-31-52-53(43)46-26-9-12-30-51(46)60-52)55-48(35-42)44-24-8-11-29-50(44)59(55)56-57-49-28-10-7-25-45(49)54(58-56)37-18-5-2-6-19-37/h1-35H. The average molecular weight is 766 g/mol. The molecule has 60 heavy (non-hydrogen) atoms. The third-order valence-corrected chi connectivity index (χ3v) is 11.8. The van der Waals surface area contributed by atoms with Crippen LogP contribution < -0.4 is 0 Å². The quantitative estimate of drug-likeness (QED) is 0.169. The first-order valence-electron chi connectivity index (χ1n) is 20.3. The Hall–Kier alpha value is -8.08. The molecule has 0 saturated heterocycles. The maximum absolute atomic E-state index is 6.27. The molecule has 12 aromatic rings. The topological polar surface area (TPSA) is 43.9 Å². The number of hydrogen-bond acceptors (Lipinski definition) is 3. The van der Waals surface area contributed by atoms with Crippen molar-refractivity contribution in [1.29, 1.82) is 0 Å². The van der Waals surface area contributed by atoms with Gasteiger partial charge in [-0.3, -0.25) is 4.57 Å². The van der Waals surface area contributed by atoms with Gasteiger partial charge in [0.2, 0.25) is 5.95 Å². The van der Waals surface area contributed by atoms with Gasteiger partial charge in [-0.15, -0.1) is 0 Å². The van der Waals surface area contributed by atoms with Crippen LogP contribution in [0.3, 0.4) is 0 Å². The van der Waals surface area contributed by atoms with Crippen LogP contribution in [-0.4, -0.2) is 14.5 Å². The Morgan fingerprint density at radius 1 is 0.350 bits per heavy atom. The minimum absolute atomic E-state index is 0.636. The summed E-state index contributed by atoms with van der Waals surface area (Å²) in [5.74, 6) is 0.636. The van der Waals surface area contributed by atoms with E-state index in [1.807, 2.05) is 18.2 Å². The molecule has 0 fully saturated rings. The van der Waals surface area contributed by atoms with Crippen LogP contribution in [0.4, 0.5) is 0 Å². The van der Waals surface area contributed by atoms with Gasteiger partial charge in [-0.2, -0.15) is 0 Å². The van der Waals surface area contributed by atoms with Crippen LogP contribution in [0.1, 0.15) is 0 Å². The summed E-state index contributed by atoms with van der Waals surface area (Å²) in [5, 5.41) is 5.58. The average Bonchev–Trinajstić information content (AvgIpc) is 3.88. The monoisotopic (exact) mass is 765 g/mol. The fourth-order valence-electron chi connectivity index (χ4n) is 9.05. The Bertz CT molecular complexity index is 3600. The van der Waals surface area contributed by atoms with Gasteiger partial charge in [0.1, 0.15) is 11.2 Å². The number of para-hydroxylation sites is 3. The molecular weight excluding hydrogens is 731 g/mol. The number of aromatic nitrogens is 3. The molecule has 0 unspecified atom stereocenters. The lowest BCUT2D eigenvalue weighted by Crippen LogP contribution is -2.04. The van der Waals surface area contributed by atoms with E-state index in [0.717, 1.165) is 110 Å². The molecule has 3 heterocycles. The third-order valence-electron chi connectivity index (χ3n) is 11.8. The molecule has 0 spiro atoms. The van der Waals surface area contributed by atoms with Crippen molar-refractivity contribution in [2.75, 3.05) is 0 Å². The highest BCUT2D eigenvalue weighted by molar-refractivity contribution is 6.16. The summed E-state index contributed by atoms with van der Waals surface area (Å²) in [4.78, 5) is 10.7. The van der Waals surface area contributed by atoms with E-state index in [9.17, 15) is 0 Å². The summed E-state index contributed by atoms with van der Waals surface area (Å²) in [6, 6.07) is 75.2. The molecule has 0 aliphatic carbocycles. The highest BCUT2D eigenvalue weighted by atomic mass is 16.3. The Morgan fingerprint density at radius 3 is 1.72 bits per heavy atom. The van der Waals surface area contributed by atoms with Crippen LogP contribution in [0.15, 0.2) is 217 Å². The number of furan rings is 1. The van der Waals surface area contributed by atoms with Crippen molar-refractivity contribution in [1.82, 2.24) is 14.5 Å². The van der Waals surface area contributed by atoms with Crippen LogP contribution in [0, 0.1) is 0 Å². The van der Waals surface area contributed by atoms with Crippen LogP contribution in [0.25, 0.3) is 116 Å². The Kier molecular flexibility index (Phi) is 7.82. The Morgan fingerprint density at radius 2 is 0.933 bits per heavy atom. The molecule has 0 atom stereocenters. The fraction of sp³-hybridized carbons (Fsp3) is 0.